The molecule has 3 rings (SSSR count). The van der Waals surface area contributed by atoms with Gasteiger partial charge in [0.05, 0.1) is 11.0 Å². The summed E-state index contributed by atoms with van der Waals surface area (Å²) in [6.45, 7) is 4.13. The summed E-state index contributed by atoms with van der Waals surface area (Å²) in [6, 6.07) is 10.1. The Hall–Kier alpha value is -1.43. The number of halogens is 1. The standard InChI is InChI=1S/C18H23N3OS.ClH/c1-13(14-6-4-3-5-7-14)21(2)18(22)16-12-23-17(20-16)15-8-10-19-11-9-15;/h3-7,12-13,15,19H,8-11H2,1-2H3;1H/t13-;/m1./s1. The van der Waals surface area contributed by atoms with Crippen molar-refractivity contribution in [3.63, 3.8) is 0 Å². The van der Waals surface area contributed by atoms with Crippen molar-refractivity contribution < 1.29 is 4.79 Å². The van der Waals surface area contributed by atoms with Crippen molar-refractivity contribution in [2.45, 2.75) is 31.7 Å². The van der Waals surface area contributed by atoms with E-state index in [-0.39, 0.29) is 24.4 Å². The van der Waals surface area contributed by atoms with Crippen LogP contribution < -0.4 is 5.32 Å². The van der Waals surface area contributed by atoms with Gasteiger partial charge in [-0.15, -0.1) is 23.7 Å². The zero-order valence-electron chi connectivity index (χ0n) is 14.1. The number of nitrogens with zero attached hydrogens (tertiary/aromatic N) is 2. The molecule has 1 aliphatic heterocycles. The minimum atomic E-state index is -0.00205. The Morgan fingerprint density at radius 2 is 1.96 bits per heavy atom. The molecule has 24 heavy (non-hydrogen) atoms. The summed E-state index contributed by atoms with van der Waals surface area (Å²) < 4.78 is 0. The lowest BCUT2D eigenvalue weighted by Gasteiger charge is -2.24. The number of benzene rings is 1. The average molecular weight is 366 g/mol. The Morgan fingerprint density at radius 1 is 1.29 bits per heavy atom. The molecule has 0 unspecified atom stereocenters. The van der Waals surface area contributed by atoms with Crippen molar-refractivity contribution in [3.05, 3.63) is 52.0 Å². The van der Waals surface area contributed by atoms with E-state index < -0.39 is 0 Å². The molecule has 0 bridgehead atoms. The van der Waals surface area contributed by atoms with Gasteiger partial charge in [0.25, 0.3) is 5.91 Å². The Kier molecular flexibility index (Phi) is 6.78. The molecule has 6 heteroatoms. The first-order chi connectivity index (χ1) is 11.2. The number of carbonyl (C=O) groups is 1. The summed E-state index contributed by atoms with van der Waals surface area (Å²) in [5.41, 5.74) is 1.71. The minimum Gasteiger partial charge on any atom is -0.334 e. The molecular formula is C18H24ClN3OS. The second-order valence-electron chi connectivity index (χ2n) is 6.10. The van der Waals surface area contributed by atoms with E-state index in [0.717, 1.165) is 36.5 Å². The van der Waals surface area contributed by atoms with Gasteiger partial charge in [-0.25, -0.2) is 4.98 Å². The average Bonchev–Trinajstić information content (AvgIpc) is 3.11. The van der Waals surface area contributed by atoms with Gasteiger partial charge in [-0.2, -0.15) is 0 Å². The van der Waals surface area contributed by atoms with E-state index in [4.69, 9.17) is 0 Å². The second-order valence-corrected chi connectivity index (χ2v) is 6.99. The normalized spacial score (nSPS) is 16.2. The van der Waals surface area contributed by atoms with Crippen LogP contribution in [0.1, 0.15) is 52.8 Å². The van der Waals surface area contributed by atoms with Crippen molar-refractivity contribution in [2.75, 3.05) is 20.1 Å². The topological polar surface area (TPSA) is 45.2 Å². The monoisotopic (exact) mass is 365 g/mol. The summed E-state index contributed by atoms with van der Waals surface area (Å²) in [4.78, 5) is 19.1. The van der Waals surface area contributed by atoms with Gasteiger partial charge in [0.2, 0.25) is 0 Å². The van der Waals surface area contributed by atoms with Gasteiger partial charge in [0, 0.05) is 18.3 Å². The lowest BCUT2D eigenvalue weighted by molar-refractivity contribution is 0.0737. The number of hydrogen-bond acceptors (Lipinski definition) is 4. The molecule has 1 atom stereocenters. The van der Waals surface area contributed by atoms with Crippen molar-refractivity contribution in [3.8, 4) is 0 Å². The maximum absolute atomic E-state index is 12.7. The molecule has 0 spiro atoms. The van der Waals surface area contributed by atoms with Crippen LogP contribution in [-0.2, 0) is 0 Å². The van der Waals surface area contributed by atoms with Crippen LogP contribution in [0.2, 0.25) is 0 Å². The molecule has 130 valence electrons. The number of aromatic nitrogens is 1. The molecule has 1 aromatic heterocycles. The molecular weight excluding hydrogens is 342 g/mol. The summed E-state index contributed by atoms with van der Waals surface area (Å²) in [7, 11) is 1.85. The van der Waals surface area contributed by atoms with Crippen molar-refractivity contribution in [1.82, 2.24) is 15.2 Å². The number of amides is 1. The predicted octanol–water partition coefficient (Wildman–Crippen LogP) is 3.87. The predicted molar refractivity (Wildman–Crippen MR) is 101 cm³/mol. The van der Waals surface area contributed by atoms with Crippen LogP contribution in [0.25, 0.3) is 0 Å². The lowest BCUT2D eigenvalue weighted by Crippen LogP contribution is -2.30. The summed E-state index contributed by atoms with van der Waals surface area (Å²) >= 11 is 1.62. The number of nitrogens with one attached hydrogen (secondary N) is 1. The van der Waals surface area contributed by atoms with E-state index in [2.05, 4.69) is 22.4 Å². The van der Waals surface area contributed by atoms with E-state index in [1.54, 1.807) is 16.2 Å². The quantitative estimate of drug-likeness (QED) is 0.894. The third-order valence-corrected chi connectivity index (χ3v) is 5.62. The first-order valence-corrected chi connectivity index (χ1v) is 9.03. The summed E-state index contributed by atoms with van der Waals surface area (Å²) in [5.74, 6) is 0.498. The largest absolute Gasteiger partial charge is 0.334 e. The van der Waals surface area contributed by atoms with E-state index >= 15 is 0 Å². The minimum absolute atomic E-state index is 0. The Morgan fingerprint density at radius 3 is 2.62 bits per heavy atom. The molecule has 1 fully saturated rings. The van der Waals surface area contributed by atoms with E-state index in [1.807, 2.05) is 37.6 Å². The lowest BCUT2D eigenvalue weighted by atomic mass is 9.99. The first-order valence-electron chi connectivity index (χ1n) is 8.15. The molecule has 2 heterocycles. The van der Waals surface area contributed by atoms with Gasteiger partial charge in [-0.1, -0.05) is 30.3 Å². The Balaban J connectivity index is 0.00000208. The van der Waals surface area contributed by atoms with Crippen molar-refractivity contribution in [2.24, 2.45) is 0 Å². The molecule has 0 saturated carbocycles. The molecule has 0 radical (unpaired) electrons. The third-order valence-electron chi connectivity index (χ3n) is 4.61. The van der Waals surface area contributed by atoms with E-state index in [0.29, 0.717) is 11.6 Å². The smallest absolute Gasteiger partial charge is 0.273 e. The third kappa shape index (κ3) is 4.15. The van der Waals surface area contributed by atoms with Gasteiger partial charge < -0.3 is 10.2 Å². The molecule has 1 aliphatic rings. The van der Waals surface area contributed by atoms with E-state index in [1.165, 1.54) is 0 Å². The first kappa shape index (κ1) is 18.9. The number of hydrogen-bond donors (Lipinski definition) is 1. The van der Waals surface area contributed by atoms with Crippen LogP contribution in [0.4, 0.5) is 0 Å². The van der Waals surface area contributed by atoms with Gasteiger partial charge in [0.15, 0.2) is 0 Å². The van der Waals surface area contributed by atoms with Crippen LogP contribution in [0, 0.1) is 0 Å². The number of carbonyl (C=O) groups excluding carboxylic acids is 1. The molecule has 2 aromatic rings. The van der Waals surface area contributed by atoms with Gasteiger partial charge in [0.1, 0.15) is 5.69 Å². The highest BCUT2D eigenvalue weighted by Crippen LogP contribution is 2.29. The van der Waals surface area contributed by atoms with Crippen LogP contribution in [0.5, 0.6) is 0 Å². The van der Waals surface area contributed by atoms with Crippen molar-refractivity contribution >= 4 is 29.7 Å². The Labute approximate surface area is 153 Å². The van der Waals surface area contributed by atoms with Crippen LogP contribution in [0.15, 0.2) is 35.7 Å². The van der Waals surface area contributed by atoms with Gasteiger partial charge in [-0.3, -0.25) is 4.79 Å². The highest BCUT2D eigenvalue weighted by Gasteiger charge is 2.24. The zero-order valence-corrected chi connectivity index (χ0v) is 15.7. The highest BCUT2D eigenvalue weighted by molar-refractivity contribution is 7.09. The fraction of sp³-hybridized carbons (Fsp3) is 0.444. The molecule has 1 aromatic carbocycles. The molecule has 1 N–H and O–H groups in total. The van der Waals surface area contributed by atoms with Crippen LogP contribution >= 0.6 is 23.7 Å². The fourth-order valence-electron chi connectivity index (χ4n) is 2.95. The molecule has 1 amide bonds. The van der Waals surface area contributed by atoms with E-state index in [9.17, 15) is 4.79 Å². The maximum Gasteiger partial charge on any atom is 0.273 e. The summed E-state index contributed by atoms with van der Waals surface area (Å²) in [5, 5.41) is 6.38. The van der Waals surface area contributed by atoms with Crippen LogP contribution in [0.3, 0.4) is 0 Å². The zero-order chi connectivity index (χ0) is 16.2. The highest BCUT2D eigenvalue weighted by atomic mass is 35.5. The molecule has 0 aliphatic carbocycles. The maximum atomic E-state index is 12.7. The number of thiazole rings is 1. The molecule has 1 saturated heterocycles. The fourth-order valence-corrected chi connectivity index (χ4v) is 3.92. The molecule has 4 nitrogen and oxygen atoms in total. The summed E-state index contributed by atoms with van der Waals surface area (Å²) in [6.07, 6.45) is 2.22. The van der Waals surface area contributed by atoms with Gasteiger partial charge in [-0.05, 0) is 38.4 Å². The van der Waals surface area contributed by atoms with Crippen molar-refractivity contribution in [1.29, 1.82) is 0 Å². The SMILES string of the molecule is C[C@H](c1ccccc1)N(C)C(=O)c1csc(C2CCNCC2)n1.Cl. The number of piperidine rings is 1. The number of rotatable bonds is 4. The van der Waals surface area contributed by atoms with Gasteiger partial charge >= 0.3 is 0 Å². The van der Waals surface area contributed by atoms with Crippen LogP contribution in [-0.4, -0.2) is 35.9 Å². The Bertz CT molecular complexity index is 655. The second kappa shape index (κ2) is 8.60.